The van der Waals surface area contributed by atoms with E-state index in [0.29, 0.717) is 5.75 Å². The van der Waals surface area contributed by atoms with Crippen LogP contribution in [0.2, 0.25) is 0 Å². The summed E-state index contributed by atoms with van der Waals surface area (Å²) in [6, 6.07) is 11.2. The minimum atomic E-state index is 0.191. The molecule has 0 spiro atoms. The minimum Gasteiger partial charge on any atom is -0.507 e. The molecule has 5 heteroatoms. The van der Waals surface area contributed by atoms with Crippen LogP contribution in [0.3, 0.4) is 0 Å². The molecule has 2 N–H and O–H groups in total. The number of hydrogen-bond acceptors (Lipinski definition) is 4. The highest BCUT2D eigenvalue weighted by molar-refractivity contribution is 5.93. The number of phenolic OH excluding ortho intramolecular Hbond substituents is 1. The highest BCUT2D eigenvalue weighted by Gasteiger charge is 2.13. The van der Waals surface area contributed by atoms with E-state index in [4.69, 9.17) is 4.74 Å². The summed E-state index contributed by atoms with van der Waals surface area (Å²) in [4.78, 5) is 0. The zero-order valence-corrected chi connectivity index (χ0v) is 15.5. The molecule has 1 atom stereocenters. The second-order valence-corrected chi connectivity index (χ2v) is 6.67. The van der Waals surface area contributed by atoms with Crippen LogP contribution in [0, 0.1) is 0 Å². The fraction of sp³-hybridized carbons (Fsp3) is 0.429. The van der Waals surface area contributed by atoms with Crippen LogP contribution in [-0.4, -0.2) is 26.6 Å². The number of hydrogen-bond donors (Lipinski definition) is 2. The highest BCUT2D eigenvalue weighted by Crippen LogP contribution is 2.35. The zero-order valence-electron chi connectivity index (χ0n) is 15.5. The molecule has 0 aliphatic carbocycles. The number of ether oxygens (including phenoxy) is 1. The number of nitrogens with one attached hydrogen (secondary N) is 1. The van der Waals surface area contributed by atoms with Crippen molar-refractivity contribution in [3.05, 3.63) is 36.4 Å². The summed E-state index contributed by atoms with van der Waals surface area (Å²) >= 11 is 0. The lowest BCUT2D eigenvalue weighted by molar-refractivity contribution is 0.182. The van der Waals surface area contributed by atoms with Gasteiger partial charge in [0.2, 0.25) is 0 Å². The first-order valence-corrected chi connectivity index (χ1v) is 9.52. The average Bonchev–Trinajstić information content (AvgIpc) is 3.13. The summed E-state index contributed by atoms with van der Waals surface area (Å²) < 4.78 is 6.09. The van der Waals surface area contributed by atoms with Crippen LogP contribution in [0.15, 0.2) is 36.4 Å². The predicted molar refractivity (Wildman–Crippen MR) is 104 cm³/mol. The van der Waals surface area contributed by atoms with Crippen molar-refractivity contribution in [1.29, 1.82) is 0 Å². The summed E-state index contributed by atoms with van der Waals surface area (Å²) in [5.41, 5.74) is 3.11. The summed E-state index contributed by atoms with van der Waals surface area (Å²) in [6.07, 6.45) is 7.16. The van der Waals surface area contributed by atoms with Crippen LogP contribution in [0.25, 0.3) is 22.2 Å². The Kier molecular flexibility index (Phi) is 6.10. The molecular formula is C21H27N3O2. The Balaban J connectivity index is 1.74. The summed E-state index contributed by atoms with van der Waals surface area (Å²) in [5.74, 6) is 0.903. The van der Waals surface area contributed by atoms with Gasteiger partial charge in [0.05, 0.1) is 6.10 Å². The third-order valence-electron chi connectivity index (χ3n) is 4.74. The van der Waals surface area contributed by atoms with Crippen molar-refractivity contribution in [1.82, 2.24) is 15.4 Å². The molecule has 1 unspecified atom stereocenters. The topological polar surface area (TPSA) is 71.0 Å². The smallest absolute Gasteiger partial charge is 0.127 e. The van der Waals surface area contributed by atoms with E-state index in [0.717, 1.165) is 35.0 Å². The van der Waals surface area contributed by atoms with Gasteiger partial charge in [0, 0.05) is 17.2 Å². The van der Waals surface area contributed by atoms with Gasteiger partial charge in [0.25, 0.3) is 0 Å². The van der Waals surface area contributed by atoms with Gasteiger partial charge in [-0.25, -0.2) is 0 Å². The van der Waals surface area contributed by atoms with Crippen LogP contribution in [0.4, 0.5) is 0 Å². The molecule has 0 saturated heterocycles. The van der Waals surface area contributed by atoms with Crippen molar-refractivity contribution in [2.45, 2.75) is 58.5 Å². The number of rotatable bonds is 9. The number of aromatic hydroxyl groups is 1. The van der Waals surface area contributed by atoms with Crippen molar-refractivity contribution >= 4 is 11.0 Å². The number of benzene rings is 2. The first-order chi connectivity index (χ1) is 12.7. The van der Waals surface area contributed by atoms with Crippen molar-refractivity contribution in [3.63, 3.8) is 0 Å². The molecule has 1 aromatic heterocycles. The van der Waals surface area contributed by atoms with E-state index in [2.05, 4.69) is 29.3 Å². The molecule has 0 fully saturated rings. The predicted octanol–water partition coefficient (Wildman–Crippen LogP) is 5.46. The first kappa shape index (κ1) is 18.2. The number of fused-ring (bicyclic) bond motifs is 1. The van der Waals surface area contributed by atoms with Gasteiger partial charge in [0.15, 0.2) is 0 Å². The molecular weight excluding hydrogens is 326 g/mol. The molecule has 0 bridgehead atoms. The highest BCUT2D eigenvalue weighted by atomic mass is 16.5. The molecule has 0 radical (unpaired) electrons. The maximum atomic E-state index is 10.5. The number of aromatic nitrogens is 3. The van der Waals surface area contributed by atoms with Gasteiger partial charge >= 0.3 is 0 Å². The molecule has 1 heterocycles. The molecule has 26 heavy (non-hydrogen) atoms. The SMILES string of the molecule is CCCCCCC(CC)Oc1ccc(-c2cccc3n[nH]nc23)c(O)c1. The first-order valence-electron chi connectivity index (χ1n) is 9.52. The number of phenols is 1. The third-order valence-corrected chi connectivity index (χ3v) is 4.74. The van der Waals surface area contributed by atoms with Gasteiger partial charge in [-0.15, -0.1) is 0 Å². The van der Waals surface area contributed by atoms with Gasteiger partial charge in [-0.1, -0.05) is 45.2 Å². The molecule has 138 valence electrons. The van der Waals surface area contributed by atoms with Gasteiger partial charge < -0.3 is 9.84 Å². The van der Waals surface area contributed by atoms with Gasteiger partial charge in [-0.2, -0.15) is 15.4 Å². The molecule has 3 aromatic rings. The van der Waals surface area contributed by atoms with E-state index in [1.807, 2.05) is 30.3 Å². The Labute approximate surface area is 154 Å². The number of unbranched alkanes of at least 4 members (excludes halogenated alkanes) is 3. The Bertz CT molecular complexity index is 844. The average molecular weight is 353 g/mol. The maximum Gasteiger partial charge on any atom is 0.127 e. The van der Waals surface area contributed by atoms with E-state index in [9.17, 15) is 5.11 Å². The Hall–Kier alpha value is -2.56. The van der Waals surface area contributed by atoms with Crippen LogP contribution in [-0.2, 0) is 0 Å². The second-order valence-electron chi connectivity index (χ2n) is 6.67. The lowest BCUT2D eigenvalue weighted by atomic mass is 10.0. The Morgan fingerprint density at radius 2 is 1.92 bits per heavy atom. The normalized spacial score (nSPS) is 12.4. The maximum absolute atomic E-state index is 10.5. The fourth-order valence-corrected chi connectivity index (χ4v) is 3.24. The van der Waals surface area contributed by atoms with Gasteiger partial charge in [-0.3, -0.25) is 0 Å². The molecule has 0 amide bonds. The van der Waals surface area contributed by atoms with E-state index in [-0.39, 0.29) is 11.9 Å². The third kappa shape index (κ3) is 4.15. The lowest BCUT2D eigenvalue weighted by Gasteiger charge is -2.18. The summed E-state index contributed by atoms with van der Waals surface area (Å²) in [7, 11) is 0. The van der Waals surface area contributed by atoms with E-state index >= 15 is 0 Å². The van der Waals surface area contributed by atoms with Crippen molar-refractivity contribution in [2.75, 3.05) is 0 Å². The fourth-order valence-electron chi connectivity index (χ4n) is 3.24. The summed E-state index contributed by atoms with van der Waals surface area (Å²) in [5, 5.41) is 21.5. The standard InChI is InChI=1S/C21H27N3O2/c1-3-5-6-7-9-15(4-2)26-16-12-13-17(20(25)14-16)18-10-8-11-19-21(18)23-24-22-19/h8,10-15,25H,3-7,9H2,1-2H3,(H,22,23,24). The molecule has 5 nitrogen and oxygen atoms in total. The van der Waals surface area contributed by atoms with E-state index in [1.165, 1.54) is 25.7 Å². The molecule has 3 rings (SSSR count). The number of aromatic amines is 1. The van der Waals surface area contributed by atoms with E-state index in [1.54, 1.807) is 6.07 Å². The van der Waals surface area contributed by atoms with Crippen LogP contribution in [0.1, 0.15) is 52.4 Å². The van der Waals surface area contributed by atoms with Crippen molar-refractivity contribution in [2.24, 2.45) is 0 Å². The van der Waals surface area contributed by atoms with Crippen LogP contribution < -0.4 is 4.74 Å². The van der Waals surface area contributed by atoms with Crippen LogP contribution in [0.5, 0.6) is 11.5 Å². The van der Waals surface area contributed by atoms with Crippen molar-refractivity contribution in [3.8, 4) is 22.6 Å². The van der Waals surface area contributed by atoms with Gasteiger partial charge in [-0.05, 0) is 37.5 Å². The molecule has 0 saturated carbocycles. The number of H-pyrrole nitrogens is 1. The monoisotopic (exact) mass is 353 g/mol. The largest absolute Gasteiger partial charge is 0.507 e. The summed E-state index contributed by atoms with van der Waals surface area (Å²) in [6.45, 7) is 4.36. The quantitative estimate of drug-likeness (QED) is 0.501. The number of para-hydroxylation sites is 1. The van der Waals surface area contributed by atoms with Gasteiger partial charge in [0.1, 0.15) is 22.5 Å². The minimum absolute atomic E-state index is 0.191. The van der Waals surface area contributed by atoms with Crippen molar-refractivity contribution < 1.29 is 9.84 Å². The molecule has 2 aromatic carbocycles. The zero-order chi connectivity index (χ0) is 18.4. The van der Waals surface area contributed by atoms with Crippen LogP contribution >= 0.6 is 0 Å². The lowest BCUT2D eigenvalue weighted by Crippen LogP contribution is -2.15. The molecule has 0 aliphatic rings. The number of nitrogens with zero attached hydrogens (tertiary/aromatic N) is 2. The van der Waals surface area contributed by atoms with E-state index < -0.39 is 0 Å². The Morgan fingerprint density at radius 3 is 2.69 bits per heavy atom. The second kappa shape index (κ2) is 8.70. The Morgan fingerprint density at radius 1 is 1.04 bits per heavy atom. The molecule has 0 aliphatic heterocycles.